The number of ether oxygens (including phenoxy) is 2. The number of hydrogen-bond donors (Lipinski definition) is 3. The quantitative estimate of drug-likeness (QED) is 0.380. The van der Waals surface area contributed by atoms with Crippen molar-refractivity contribution in [3.63, 3.8) is 0 Å². The number of anilines is 1. The Morgan fingerprint density at radius 3 is 2.41 bits per heavy atom. The van der Waals surface area contributed by atoms with Gasteiger partial charge >= 0.3 is 5.97 Å². The van der Waals surface area contributed by atoms with Gasteiger partial charge in [-0.3, -0.25) is 24.0 Å². The van der Waals surface area contributed by atoms with Gasteiger partial charge in [0.1, 0.15) is 18.1 Å². The van der Waals surface area contributed by atoms with Crippen LogP contribution in [-0.2, 0) is 41.5 Å². The average Bonchev–Trinajstić information content (AvgIpc) is 3.62. The Bertz CT molecular complexity index is 1480. The minimum absolute atomic E-state index is 0.0621. The van der Waals surface area contributed by atoms with E-state index in [1.807, 2.05) is 24.3 Å². The van der Waals surface area contributed by atoms with Gasteiger partial charge in [0.2, 0.25) is 24.0 Å². The summed E-state index contributed by atoms with van der Waals surface area (Å²) in [5.74, 6) is -6.83. The molecule has 3 N–H and O–H groups in total. The lowest BCUT2D eigenvalue weighted by Crippen LogP contribution is -2.55. The number of nitrogens with zero attached hydrogens (tertiary/aromatic N) is 1. The highest BCUT2D eigenvalue weighted by molar-refractivity contribution is 6.34. The molecule has 4 atom stereocenters. The summed E-state index contributed by atoms with van der Waals surface area (Å²) in [6.07, 6.45) is -1.37. The molecule has 0 aromatic heterocycles. The molecule has 2 aliphatic heterocycles. The van der Waals surface area contributed by atoms with Gasteiger partial charge in [-0.05, 0) is 49.1 Å². The monoisotopic (exact) mass is 632 g/mol. The molecule has 1 unspecified atom stereocenters. The molecule has 2 heterocycles. The van der Waals surface area contributed by atoms with Gasteiger partial charge in [0.05, 0.1) is 29.8 Å². The standard InChI is InChI=1S/C30H31ClF2N4O7/c1-15(34-26(40)19-7-8-22(21(31)11-19)35-16(2)38)28(42)37-14-30(32,33)13-24(37)27(41)36-23-12-25(39)44-29(23)43-20-9-17-5-3-4-6-18(17)10-20/h3-8,11,15,20,23-24,29H,9-10,12-14H2,1-2H3,(H,34,40)(H,35,38)(H,36,41)/t15-,23-,24-,29?/m0/s1. The van der Waals surface area contributed by atoms with Gasteiger partial charge in [-0.1, -0.05) is 35.9 Å². The Hall–Kier alpha value is -4.10. The number of fused-ring (bicyclic) bond motifs is 1. The van der Waals surface area contributed by atoms with Crippen LogP contribution in [0.5, 0.6) is 0 Å². The number of rotatable bonds is 8. The van der Waals surface area contributed by atoms with Crippen LogP contribution in [0, 0.1) is 0 Å². The van der Waals surface area contributed by atoms with Crippen molar-refractivity contribution in [2.75, 3.05) is 11.9 Å². The van der Waals surface area contributed by atoms with E-state index in [1.165, 1.54) is 32.0 Å². The van der Waals surface area contributed by atoms with Gasteiger partial charge in [-0.15, -0.1) is 0 Å². The van der Waals surface area contributed by atoms with E-state index in [0.29, 0.717) is 12.8 Å². The predicted molar refractivity (Wildman–Crippen MR) is 153 cm³/mol. The second kappa shape index (κ2) is 12.5. The second-order valence-electron chi connectivity index (χ2n) is 11.2. The molecule has 5 rings (SSSR count). The van der Waals surface area contributed by atoms with E-state index in [-0.39, 0.29) is 34.7 Å². The summed E-state index contributed by atoms with van der Waals surface area (Å²) in [5.41, 5.74) is 2.56. The SMILES string of the molecule is CC(=O)Nc1ccc(C(=O)N[C@@H](C)C(=O)N2CC(F)(F)C[C@H]2C(=O)N[C@H]2CC(=O)OC2OC2Cc3ccccc3C2)cc1Cl. The van der Waals surface area contributed by atoms with E-state index in [0.717, 1.165) is 16.0 Å². The minimum atomic E-state index is -3.36. The highest BCUT2D eigenvalue weighted by atomic mass is 35.5. The summed E-state index contributed by atoms with van der Waals surface area (Å²) in [5, 5.41) is 7.61. The lowest BCUT2D eigenvalue weighted by molar-refractivity contribution is -0.175. The third kappa shape index (κ3) is 6.99. The van der Waals surface area contributed by atoms with Crippen LogP contribution in [0.4, 0.5) is 14.5 Å². The average molecular weight is 633 g/mol. The molecular formula is C30H31ClF2N4O7. The van der Waals surface area contributed by atoms with Crippen molar-refractivity contribution < 1.29 is 42.2 Å². The summed E-state index contributed by atoms with van der Waals surface area (Å²) in [7, 11) is 0. The van der Waals surface area contributed by atoms with Crippen molar-refractivity contribution in [2.45, 2.75) is 76.0 Å². The van der Waals surface area contributed by atoms with E-state index >= 15 is 0 Å². The lowest BCUT2D eigenvalue weighted by atomic mass is 10.1. The zero-order chi connectivity index (χ0) is 31.8. The highest BCUT2D eigenvalue weighted by Crippen LogP contribution is 2.34. The predicted octanol–water partition coefficient (Wildman–Crippen LogP) is 2.59. The second-order valence-corrected chi connectivity index (χ2v) is 11.6. The molecular weight excluding hydrogens is 602 g/mol. The number of nitrogens with one attached hydrogen (secondary N) is 3. The number of carbonyl (C=O) groups excluding carboxylic acids is 5. The Balaban J connectivity index is 1.22. The maximum atomic E-state index is 14.6. The summed E-state index contributed by atoms with van der Waals surface area (Å²) in [4.78, 5) is 63.5. The largest absolute Gasteiger partial charge is 0.433 e. The fraction of sp³-hybridized carbons (Fsp3) is 0.433. The fourth-order valence-corrected chi connectivity index (χ4v) is 5.91. The van der Waals surface area contributed by atoms with Crippen LogP contribution in [0.1, 0.15) is 48.2 Å². The van der Waals surface area contributed by atoms with E-state index in [4.69, 9.17) is 21.1 Å². The zero-order valence-corrected chi connectivity index (χ0v) is 24.7. The van der Waals surface area contributed by atoms with Gasteiger partial charge in [-0.25, -0.2) is 8.78 Å². The summed E-state index contributed by atoms with van der Waals surface area (Å²) in [6.45, 7) is 1.58. The van der Waals surface area contributed by atoms with E-state index < -0.39 is 67.0 Å². The van der Waals surface area contributed by atoms with Crippen LogP contribution >= 0.6 is 11.6 Å². The van der Waals surface area contributed by atoms with Crippen LogP contribution in [0.15, 0.2) is 42.5 Å². The summed E-state index contributed by atoms with van der Waals surface area (Å²) < 4.78 is 40.4. The first kappa shape index (κ1) is 31.3. The highest BCUT2D eigenvalue weighted by Gasteiger charge is 2.52. The number of amides is 4. The first-order valence-electron chi connectivity index (χ1n) is 14.1. The number of benzene rings is 2. The van der Waals surface area contributed by atoms with Crippen molar-refractivity contribution >= 4 is 46.9 Å². The van der Waals surface area contributed by atoms with E-state index in [9.17, 15) is 32.8 Å². The molecule has 2 aromatic carbocycles. The first-order valence-corrected chi connectivity index (χ1v) is 14.5. The molecule has 234 valence electrons. The van der Waals surface area contributed by atoms with Gasteiger partial charge in [0.15, 0.2) is 0 Å². The normalized spacial score (nSPS) is 23.1. The van der Waals surface area contributed by atoms with Crippen molar-refractivity contribution in [2.24, 2.45) is 0 Å². The molecule has 0 bridgehead atoms. The molecule has 14 heteroatoms. The molecule has 44 heavy (non-hydrogen) atoms. The maximum absolute atomic E-state index is 14.6. The molecule has 3 aliphatic rings. The van der Waals surface area contributed by atoms with Crippen molar-refractivity contribution in [1.29, 1.82) is 0 Å². The number of halogens is 3. The molecule has 2 aromatic rings. The van der Waals surface area contributed by atoms with Gasteiger partial charge < -0.3 is 30.3 Å². The molecule has 2 fully saturated rings. The molecule has 2 saturated heterocycles. The van der Waals surface area contributed by atoms with Crippen LogP contribution in [0.25, 0.3) is 0 Å². The third-order valence-electron chi connectivity index (χ3n) is 7.75. The number of esters is 1. The smallest absolute Gasteiger partial charge is 0.310 e. The third-order valence-corrected chi connectivity index (χ3v) is 8.06. The Morgan fingerprint density at radius 2 is 1.77 bits per heavy atom. The van der Waals surface area contributed by atoms with Gasteiger partial charge in [0.25, 0.3) is 11.8 Å². The minimum Gasteiger partial charge on any atom is -0.433 e. The summed E-state index contributed by atoms with van der Waals surface area (Å²) >= 11 is 6.13. The molecule has 0 saturated carbocycles. The van der Waals surface area contributed by atoms with Crippen molar-refractivity contribution in [3.05, 3.63) is 64.2 Å². The maximum Gasteiger partial charge on any atom is 0.310 e. The zero-order valence-electron chi connectivity index (χ0n) is 23.9. The van der Waals surface area contributed by atoms with Crippen LogP contribution in [0.3, 0.4) is 0 Å². The topological polar surface area (TPSA) is 143 Å². The molecule has 4 amide bonds. The van der Waals surface area contributed by atoms with Crippen LogP contribution in [-0.4, -0.2) is 77.5 Å². The van der Waals surface area contributed by atoms with Gasteiger partial charge in [0, 0.05) is 18.9 Å². The fourth-order valence-electron chi connectivity index (χ4n) is 5.68. The lowest BCUT2D eigenvalue weighted by Gasteiger charge is -2.28. The number of cyclic esters (lactones) is 1. The van der Waals surface area contributed by atoms with Crippen molar-refractivity contribution in [1.82, 2.24) is 15.5 Å². The number of likely N-dealkylation sites (tertiary alicyclic amines) is 1. The van der Waals surface area contributed by atoms with Gasteiger partial charge in [-0.2, -0.15) is 0 Å². The summed E-state index contributed by atoms with van der Waals surface area (Å²) in [6, 6.07) is 8.08. The number of hydrogen-bond acceptors (Lipinski definition) is 7. The molecule has 1 aliphatic carbocycles. The first-order chi connectivity index (χ1) is 20.8. The molecule has 0 spiro atoms. The van der Waals surface area contributed by atoms with E-state index in [1.54, 1.807) is 0 Å². The number of alkyl halides is 2. The molecule has 11 nitrogen and oxygen atoms in total. The van der Waals surface area contributed by atoms with E-state index in [2.05, 4.69) is 16.0 Å². The molecule has 0 radical (unpaired) electrons. The van der Waals surface area contributed by atoms with Crippen LogP contribution < -0.4 is 16.0 Å². The number of carbonyl (C=O) groups is 5. The Kier molecular flexibility index (Phi) is 8.89. The Labute approximate surface area is 256 Å². The van der Waals surface area contributed by atoms with Crippen LogP contribution in [0.2, 0.25) is 5.02 Å². The van der Waals surface area contributed by atoms with Crippen molar-refractivity contribution in [3.8, 4) is 0 Å². The Morgan fingerprint density at radius 1 is 1.09 bits per heavy atom.